The molecule has 27 heavy (non-hydrogen) atoms. The van der Waals surface area contributed by atoms with Gasteiger partial charge >= 0.3 is 0 Å². The number of aromatic nitrogens is 2. The first-order chi connectivity index (χ1) is 13.2. The molecule has 0 aliphatic heterocycles. The van der Waals surface area contributed by atoms with Crippen LogP contribution in [0, 0.1) is 10.1 Å². The van der Waals surface area contributed by atoms with Gasteiger partial charge in [-0.2, -0.15) is 0 Å². The highest BCUT2D eigenvalue weighted by Crippen LogP contribution is 2.23. The lowest BCUT2D eigenvalue weighted by Gasteiger charge is -2.06. The first-order valence-corrected chi connectivity index (χ1v) is 8.48. The highest BCUT2D eigenvalue weighted by molar-refractivity contribution is 5.84. The van der Waals surface area contributed by atoms with Gasteiger partial charge in [0.25, 0.3) is 5.69 Å². The second kappa shape index (κ2) is 7.21. The molecule has 0 saturated carbocycles. The Labute approximate surface area is 155 Å². The lowest BCUT2D eigenvalue weighted by molar-refractivity contribution is -0.384. The summed E-state index contributed by atoms with van der Waals surface area (Å²) in [6.45, 7) is 0.642. The molecule has 6 heteroatoms. The van der Waals surface area contributed by atoms with E-state index in [1.807, 2.05) is 47.0 Å². The fraction of sp³-hybridized carbons (Fsp3) is 0.0476. The smallest absolute Gasteiger partial charge is 0.270 e. The van der Waals surface area contributed by atoms with Gasteiger partial charge < -0.3 is 4.57 Å². The van der Waals surface area contributed by atoms with Gasteiger partial charge in [0, 0.05) is 18.3 Å². The second-order valence-electron chi connectivity index (χ2n) is 6.08. The summed E-state index contributed by atoms with van der Waals surface area (Å²) >= 11 is 0. The van der Waals surface area contributed by atoms with Crippen LogP contribution < -0.4 is 0 Å². The van der Waals surface area contributed by atoms with Crippen molar-refractivity contribution in [3.63, 3.8) is 0 Å². The average molecular weight is 356 g/mol. The number of nitro benzene ring substituents is 1. The molecule has 0 saturated heterocycles. The summed E-state index contributed by atoms with van der Waals surface area (Å²) in [6.07, 6.45) is 1.61. The molecule has 132 valence electrons. The van der Waals surface area contributed by atoms with E-state index in [4.69, 9.17) is 0 Å². The maximum absolute atomic E-state index is 10.9. The van der Waals surface area contributed by atoms with Crippen molar-refractivity contribution >= 4 is 28.9 Å². The first-order valence-electron chi connectivity index (χ1n) is 8.48. The van der Waals surface area contributed by atoms with Crippen molar-refractivity contribution in [3.8, 4) is 0 Å². The number of fused-ring (bicyclic) bond motifs is 1. The van der Waals surface area contributed by atoms with E-state index in [0.29, 0.717) is 18.1 Å². The van der Waals surface area contributed by atoms with Crippen LogP contribution in [0.15, 0.2) is 83.9 Å². The standard InChI is InChI=1S/C21H16N4O2/c26-25(27)18-10-6-9-17(13-18)14-22-21-23-19-11-4-5-12-20(19)24(21)15-16-7-2-1-3-8-16/h1-14H,15H2. The fourth-order valence-electron chi connectivity index (χ4n) is 2.93. The molecule has 0 radical (unpaired) electrons. The number of non-ortho nitro benzene ring substituents is 1. The Hall–Kier alpha value is -3.80. The van der Waals surface area contributed by atoms with E-state index in [2.05, 4.69) is 22.1 Å². The topological polar surface area (TPSA) is 73.3 Å². The van der Waals surface area contributed by atoms with Crippen LogP contribution in [0.4, 0.5) is 11.6 Å². The third-order valence-corrected chi connectivity index (χ3v) is 4.23. The summed E-state index contributed by atoms with van der Waals surface area (Å²) in [7, 11) is 0. The van der Waals surface area contributed by atoms with Crippen LogP contribution in [-0.4, -0.2) is 20.7 Å². The van der Waals surface area contributed by atoms with Crippen molar-refractivity contribution in [1.29, 1.82) is 0 Å². The number of aliphatic imine (C=N–C) groups is 1. The molecule has 0 bridgehead atoms. The summed E-state index contributed by atoms with van der Waals surface area (Å²) in [4.78, 5) is 19.7. The third kappa shape index (κ3) is 3.59. The molecule has 1 aromatic heterocycles. The highest BCUT2D eigenvalue weighted by Gasteiger charge is 2.10. The molecule has 4 rings (SSSR count). The molecule has 1 heterocycles. The maximum atomic E-state index is 10.9. The van der Waals surface area contributed by atoms with E-state index < -0.39 is 4.92 Å². The number of para-hydroxylation sites is 2. The molecular weight excluding hydrogens is 340 g/mol. The molecule has 3 aromatic carbocycles. The molecule has 0 N–H and O–H groups in total. The number of hydrogen-bond donors (Lipinski definition) is 0. The van der Waals surface area contributed by atoms with Crippen LogP contribution in [0.25, 0.3) is 11.0 Å². The SMILES string of the molecule is O=[N+]([O-])c1cccc(C=Nc2nc3ccccc3n2Cc2ccccc2)c1. The number of rotatable bonds is 5. The van der Waals surface area contributed by atoms with Gasteiger partial charge in [0.2, 0.25) is 5.95 Å². The molecule has 0 spiro atoms. The number of imidazole rings is 1. The van der Waals surface area contributed by atoms with Crippen molar-refractivity contribution < 1.29 is 4.92 Å². The monoisotopic (exact) mass is 356 g/mol. The van der Waals surface area contributed by atoms with Gasteiger partial charge in [0.15, 0.2) is 0 Å². The van der Waals surface area contributed by atoms with Crippen LogP contribution in [0.3, 0.4) is 0 Å². The Bertz CT molecular complexity index is 1130. The van der Waals surface area contributed by atoms with Crippen LogP contribution >= 0.6 is 0 Å². The minimum absolute atomic E-state index is 0.0386. The summed E-state index contributed by atoms with van der Waals surface area (Å²) in [5.74, 6) is 0.562. The van der Waals surface area contributed by atoms with Crippen molar-refractivity contribution in [2.45, 2.75) is 6.54 Å². The number of benzene rings is 3. The van der Waals surface area contributed by atoms with Crippen LogP contribution in [0.5, 0.6) is 0 Å². The zero-order valence-electron chi connectivity index (χ0n) is 14.4. The first kappa shape index (κ1) is 16.7. The van der Waals surface area contributed by atoms with Gasteiger partial charge in [0.05, 0.1) is 22.5 Å². The minimum Gasteiger partial charge on any atom is -0.304 e. The molecule has 0 amide bonds. The van der Waals surface area contributed by atoms with E-state index in [0.717, 1.165) is 16.6 Å². The van der Waals surface area contributed by atoms with Crippen LogP contribution in [-0.2, 0) is 6.54 Å². The highest BCUT2D eigenvalue weighted by atomic mass is 16.6. The summed E-state index contributed by atoms with van der Waals surface area (Å²) in [5.41, 5.74) is 3.69. The van der Waals surface area contributed by atoms with Gasteiger partial charge in [0.1, 0.15) is 0 Å². The summed E-state index contributed by atoms with van der Waals surface area (Å²) in [5, 5.41) is 10.9. The Kier molecular flexibility index (Phi) is 4.45. The quantitative estimate of drug-likeness (QED) is 0.294. The lowest BCUT2D eigenvalue weighted by atomic mass is 10.2. The third-order valence-electron chi connectivity index (χ3n) is 4.23. The van der Waals surface area contributed by atoms with Crippen molar-refractivity contribution in [2.24, 2.45) is 4.99 Å². The largest absolute Gasteiger partial charge is 0.304 e. The average Bonchev–Trinajstić information content (AvgIpc) is 3.05. The van der Waals surface area contributed by atoms with Gasteiger partial charge in [-0.15, -0.1) is 0 Å². The second-order valence-corrected chi connectivity index (χ2v) is 6.08. The fourth-order valence-corrected chi connectivity index (χ4v) is 2.93. The Morgan fingerprint density at radius 1 is 1.00 bits per heavy atom. The minimum atomic E-state index is -0.415. The predicted octanol–water partition coefficient (Wildman–Crippen LogP) is 4.74. The van der Waals surface area contributed by atoms with Crippen molar-refractivity contribution in [2.75, 3.05) is 0 Å². The van der Waals surface area contributed by atoms with E-state index >= 15 is 0 Å². The Balaban J connectivity index is 1.74. The van der Waals surface area contributed by atoms with E-state index in [1.165, 1.54) is 12.1 Å². The summed E-state index contributed by atoms with van der Waals surface area (Å²) < 4.78 is 2.04. The molecule has 0 aliphatic carbocycles. The Morgan fingerprint density at radius 2 is 1.78 bits per heavy atom. The molecule has 0 atom stereocenters. The number of nitro groups is 1. The predicted molar refractivity (Wildman–Crippen MR) is 106 cm³/mol. The molecule has 0 aliphatic rings. The van der Waals surface area contributed by atoms with E-state index in [9.17, 15) is 10.1 Å². The van der Waals surface area contributed by atoms with Gasteiger partial charge in [-0.1, -0.05) is 54.6 Å². The van der Waals surface area contributed by atoms with E-state index in [-0.39, 0.29) is 5.69 Å². The Morgan fingerprint density at radius 3 is 2.59 bits per heavy atom. The van der Waals surface area contributed by atoms with Gasteiger partial charge in [-0.25, -0.2) is 9.98 Å². The van der Waals surface area contributed by atoms with E-state index in [1.54, 1.807) is 18.3 Å². The maximum Gasteiger partial charge on any atom is 0.270 e. The van der Waals surface area contributed by atoms with Gasteiger partial charge in [-0.3, -0.25) is 10.1 Å². The van der Waals surface area contributed by atoms with Crippen LogP contribution in [0.1, 0.15) is 11.1 Å². The normalized spacial score (nSPS) is 11.3. The summed E-state index contributed by atoms with van der Waals surface area (Å²) in [6, 6.07) is 24.4. The van der Waals surface area contributed by atoms with Gasteiger partial charge in [-0.05, 0) is 23.3 Å². The van der Waals surface area contributed by atoms with Crippen molar-refractivity contribution in [3.05, 3.63) is 100 Å². The molecule has 0 fully saturated rings. The van der Waals surface area contributed by atoms with Crippen molar-refractivity contribution in [1.82, 2.24) is 9.55 Å². The molecule has 6 nitrogen and oxygen atoms in total. The lowest BCUT2D eigenvalue weighted by Crippen LogP contribution is -1.99. The zero-order chi connectivity index (χ0) is 18.6. The molecule has 4 aromatic rings. The number of hydrogen-bond acceptors (Lipinski definition) is 4. The molecule has 0 unspecified atom stereocenters. The van der Waals surface area contributed by atoms with Crippen LogP contribution in [0.2, 0.25) is 0 Å². The number of nitrogens with zero attached hydrogens (tertiary/aromatic N) is 4. The zero-order valence-corrected chi connectivity index (χ0v) is 14.4. The molecular formula is C21H16N4O2.